The van der Waals surface area contributed by atoms with Crippen LogP contribution in [0, 0.1) is 5.92 Å². The highest BCUT2D eigenvalue weighted by Gasteiger charge is 2.42. The van der Waals surface area contributed by atoms with Gasteiger partial charge in [-0.3, -0.25) is 9.59 Å². The number of nitrogens with zero attached hydrogens (tertiary/aromatic N) is 4. The third-order valence-electron chi connectivity index (χ3n) is 10.2. The molecule has 10 nitrogen and oxygen atoms in total. The Kier molecular flexibility index (Phi) is 13.4. The molecule has 2 aliphatic rings. The van der Waals surface area contributed by atoms with Gasteiger partial charge in [0.2, 0.25) is 11.5 Å². The molecule has 0 radical (unpaired) electrons. The minimum absolute atomic E-state index is 0.0816. The van der Waals surface area contributed by atoms with Crippen molar-refractivity contribution < 1.29 is 28.5 Å². The molecule has 0 bridgehead atoms. The number of carbonyl (C=O) groups is 2. The number of imidazole rings is 1. The van der Waals surface area contributed by atoms with Crippen molar-refractivity contribution in [3.8, 4) is 17.2 Å². The summed E-state index contributed by atoms with van der Waals surface area (Å²) >= 11 is 6.52. The van der Waals surface area contributed by atoms with Gasteiger partial charge in [-0.05, 0) is 95.1 Å². The molecule has 0 aliphatic carbocycles. The van der Waals surface area contributed by atoms with Crippen molar-refractivity contribution in [2.24, 2.45) is 5.92 Å². The maximum atomic E-state index is 13.9. The summed E-state index contributed by atoms with van der Waals surface area (Å²) in [5.74, 6) is 1.78. The second kappa shape index (κ2) is 17.9. The highest BCUT2D eigenvalue weighted by molar-refractivity contribution is 6.30. The Balaban J connectivity index is 1.27. The van der Waals surface area contributed by atoms with Crippen LogP contribution < -0.4 is 14.2 Å². The number of Topliss-reactive ketones (excluding diaryl/α,β-unsaturated/α-hetero) is 1. The van der Waals surface area contributed by atoms with Gasteiger partial charge in [0.1, 0.15) is 0 Å². The number of hydrogen-bond donors (Lipinski definition) is 0. The Morgan fingerprint density at radius 3 is 2.39 bits per heavy atom. The average molecular weight is 719 g/mol. The predicted molar refractivity (Wildman–Crippen MR) is 200 cm³/mol. The third-order valence-corrected chi connectivity index (χ3v) is 10.4. The van der Waals surface area contributed by atoms with E-state index in [0.29, 0.717) is 66.5 Å². The maximum absolute atomic E-state index is 13.9. The van der Waals surface area contributed by atoms with Gasteiger partial charge in [0.15, 0.2) is 17.3 Å². The summed E-state index contributed by atoms with van der Waals surface area (Å²) in [4.78, 5) is 36.7. The van der Waals surface area contributed by atoms with Crippen LogP contribution in [0.15, 0.2) is 60.8 Å². The molecule has 3 heterocycles. The zero-order chi connectivity index (χ0) is 36.4. The fourth-order valence-corrected chi connectivity index (χ4v) is 7.52. The van der Waals surface area contributed by atoms with Crippen LogP contribution in [0.2, 0.25) is 5.02 Å². The lowest BCUT2D eigenvalue weighted by atomic mass is 9.76. The maximum Gasteiger partial charge on any atom is 0.254 e. The number of methoxy groups -OCH3 is 3. The Hall–Kier alpha value is -4.12. The number of rotatable bonds is 16. The molecule has 2 saturated heterocycles. The lowest BCUT2D eigenvalue weighted by molar-refractivity contribution is 0.0777. The van der Waals surface area contributed by atoms with E-state index in [9.17, 15) is 9.59 Å². The van der Waals surface area contributed by atoms with Crippen LogP contribution in [-0.4, -0.2) is 98.3 Å². The zero-order valence-corrected chi connectivity index (χ0v) is 31.3. The molecular formula is C40H51ClN4O6. The van der Waals surface area contributed by atoms with E-state index in [0.717, 1.165) is 56.6 Å². The van der Waals surface area contributed by atoms with Gasteiger partial charge in [-0.1, -0.05) is 42.0 Å². The van der Waals surface area contributed by atoms with Crippen molar-refractivity contribution in [3.63, 3.8) is 0 Å². The van der Waals surface area contributed by atoms with E-state index in [1.165, 1.54) is 0 Å². The molecule has 2 fully saturated rings. The summed E-state index contributed by atoms with van der Waals surface area (Å²) in [5.41, 5.74) is 2.25. The molecule has 2 aliphatic heterocycles. The molecule has 51 heavy (non-hydrogen) atoms. The van der Waals surface area contributed by atoms with Crippen molar-refractivity contribution in [3.05, 3.63) is 88.5 Å². The summed E-state index contributed by atoms with van der Waals surface area (Å²) in [6.45, 7) is 9.34. The number of amides is 1. The summed E-state index contributed by atoms with van der Waals surface area (Å²) in [5, 5.41) is 0.681. The first-order valence-electron chi connectivity index (χ1n) is 17.8. The molecule has 0 N–H and O–H groups in total. The summed E-state index contributed by atoms with van der Waals surface area (Å²) in [6, 6.07) is 11.5. The number of ether oxygens (including phenoxy) is 4. The van der Waals surface area contributed by atoms with Crippen LogP contribution in [0.25, 0.3) is 6.08 Å². The van der Waals surface area contributed by atoms with Gasteiger partial charge in [0.05, 0.1) is 39.8 Å². The van der Waals surface area contributed by atoms with E-state index in [4.69, 9.17) is 30.5 Å². The molecule has 1 unspecified atom stereocenters. The first kappa shape index (κ1) is 38.1. The zero-order valence-electron chi connectivity index (χ0n) is 30.5. The first-order chi connectivity index (χ1) is 24.8. The molecule has 1 atom stereocenters. The van der Waals surface area contributed by atoms with E-state index in [2.05, 4.69) is 16.0 Å². The van der Waals surface area contributed by atoms with Crippen molar-refractivity contribution in [1.29, 1.82) is 0 Å². The molecule has 3 aromatic rings. The quantitative estimate of drug-likeness (QED) is 0.0892. The summed E-state index contributed by atoms with van der Waals surface area (Å²) in [7, 11) is 4.64. The number of carbonyl (C=O) groups excluding carboxylic acids is 2. The minimum Gasteiger partial charge on any atom is -0.493 e. The largest absolute Gasteiger partial charge is 0.493 e. The number of benzene rings is 2. The number of halogens is 1. The lowest BCUT2D eigenvalue weighted by Gasteiger charge is -2.36. The predicted octanol–water partition coefficient (Wildman–Crippen LogP) is 6.96. The number of aromatic nitrogens is 2. The van der Waals surface area contributed by atoms with Gasteiger partial charge >= 0.3 is 0 Å². The fraction of sp³-hybridized carbons (Fsp3) is 0.475. The van der Waals surface area contributed by atoms with E-state index in [1.54, 1.807) is 39.7 Å². The third kappa shape index (κ3) is 8.86. The van der Waals surface area contributed by atoms with Gasteiger partial charge in [0, 0.05) is 48.2 Å². The fourth-order valence-electron chi connectivity index (χ4n) is 7.33. The van der Waals surface area contributed by atoms with Gasteiger partial charge in [-0.15, -0.1) is 0 Å². The van der Waals surface area contributed by atoms with Crippen LogP contribution in [0.5, 0.6) is 17.2 Å². The molecule has 0 saturated carbocycles. The van der Waals surface area contributed by atoms with Gasteiger partial charge in [-0.2, -0.15) is 0 Å². The number of allylic oxidation sites excluding steroid dienone is 3. The average Bonchev–Trinajstić information content (AvgIpc) is 3.78. The topological polar surface area (TPSA) is 95.4 Å². The molecular weight excluding hydrogens is 668 g/mol. The van der Waals surface area contributed by atoms with Crippen LogP contribution in [0.4, 0.5) is 0 Å². The Morgan fingerprint density at radius 2 is 1.75 bits per heavy atom. The van der Waals surface area contributed by atoms with Crippen molar-refractivity contribution in [2.75, 3.05) is 67.3 Å². The minimum atomic E-state index is -0.268. The van der Waals surface area contributed by atoms with Crippen LogP contribution in [-0.2, 0) is 16.7 Å². The molecule has 5 rings (SSSR count). The number of hydrogen-bond acceptors (Lipinski definition) is 8. The van der Waals surface area contributed by atoms with Crippen LogP contribution in [0.3, 0.4) is 0 Å². The molecule has 274 valence electrons. The second-order valence-electron chi connectivity index (χ2n) is 13.2. The first-order valence-corrected chi connectivity index (χ1v) is 18.2. The molecule has 2 aromatic carbocycles. The Bertz CT molecular complexity index is 1690. The number of likely N-dealkylation sites (tertiary alicyclic amines) is 2. The molecule has 1 aromatic heterocycles. The number of piperidine rings is 1. The van der Waals surface area contributed by atoms with E-state index >= 15 is 0 Å². The molecule has 1 amide bonds. The molecule has 0 spiro atoms. The molecule has 11 heteroatoms. The van der Waals surface area contributed by atoms with Gasteiger partial charge in [0.25, 0.3) is 5.91 Å². The Labute approximate surface area is 307 Å². The van der Waals surface area contributed by atoms with Crippen LogP contribution >= 0.6 is 11.6 Å². The van der Waals surface area contributed by atoms with Crippen molar-refractivity contribution in [2.45, 2.75) is 51.5 Å². The number of ketones is 1. The van der Waals surface area contributed by atoms with E-state index < -0.39 is 0 Å². The summed E-state index contributed by atoms with van der Waals surface area (Å²) < 4.78 is 24.1. The van der Waals surface area contributed by atoms with Crippen LogP contribution in [0.1, 0.15) is 71.8 Å². The van der Waals surface area contributed by atoms with Crippen molar-refractivity contribution >= 4 is 29.4 Å². The van der Waals surface area contributed by atoms with Gasteiger partial charge < -0.3 is 33.3 Å². The second-order valence-corrected chi connectivity index (χ2v) is 13.6. The lowest BCUT2D eigenvalue weighted by Crippen LogP contribution is -2.41. The SMILES string of the molecule is C/C=C\C=C/c1cnc(C(=O)C2CCN(CCC3(c4cccc(Cl)c4)CCN(C(=O)c4cc(OC)c(OC)c(OC)c4)C3)CC2)n1CCOCC. The van der Waals surface area contributed by atoms with Gasteiger partial charge in [-0.25, -0.2) is 4.98 Å². The van der Waals surface area contributed by atoms with E-state index in [-0.39, 0.29) is 23.0 Å². The monoisotopic (exact) mass is 718 g/mol. The highest BCUT2D eigenvalue weighted by Crippen LogP contribution is 2.42. The highest BCUT2D eigenvalue weighted by atomic mass is 35.5. The standard InChI is InChI=1S/C40H51ClN4O6/c1-6-8-9-13-33-27-42-38(45(33)22-23-51-7-2)36(46)29-14-18-43(19-15-29)20-16-40(31-11-10-12-32(41)26-31)17-21-44(28-40)39(47)30-24-34(48-3)37(50-5)35(25-30)49-4/h6,8-13,24-27,29H,7,14-23,28H2,1-5H3/b8-6-,13-9-. The van der Waals surface area contributed by atoms with Crippen molar-refractivity contribution in [1.82, 2.24) is 19.4 Å². The smallest absolute Gasteiger partial charge is 0.254 e. The Morgan fingerprint density at radius 1 is 1.00 bits per heavy atom. The van der Waals surface area contributed by atoms with E-state index in [1.807, 2.05) is 65.8 Å². The summed E-state index contributed by atoms with van der Waals surface area (Å²) in [6.07, 6.45) is 12.9. The normalized spacial score (nSPS) is 18.6.